The van der Waals surface area contributed by atoms with Crippen molar-refractivity contribution in [3.8, 4) is 5.75 Å². The van der Waals surface area contributed by atoms with Gasteiger partial charge in [-0.1, -0.05) is 36.4 Å². The monoisotopic (exact) mass is 271 g/mol. The summed E-state index contributed by atoms with van der Waals surface area (Å²) in [5.41, 5.74) is 1.23. The van der Waals surface area contributed by atoms with Crippen LogP contribution in [0.5, 0.6) is 5.75 Å². The molecular weight excluding hydrogens is 254 g/mol. The molecule has 1 amide bonds. The first-order chi connectivity index (χ1) is 9.66. The summed E-state index contributed by atoms with van der Waals surface area (Å²) in [6.45, 7) is 0.366. The van der Waals surface area contributed by atoms with Gasteiger partial charge in [0.05, 0.1) is 6.10 Å². The molecule has 1 unspecified atom stereocenters. The van der Waals surface area contributed by atoms with Crippen LogP contribution in [0.4, 0.5) is 0 Å². The maximum atomic E-state index is 11.8. The Labute approximate surface area is 117 Å². The van der Waals surface area contributed by atoms with Gasteiger partial charge in [0.2, 0.25) is 0 Å². The number of aliphatic hydroxyl groups excluding tert-OH is 1. The second kappa shape index (κ2) is 6.73. The molecule has 0 aromatic heterocycles. The summed E-state index contributed by atoms with van der Waals surface area (Å²) in [6.07, 6.45) is -0.158. The number of benzene rings is 2. The molecule has 0 aliphatic carbocycles. The minimum absolute atomic E-state index is 0.0574. The quantitative estimate of drug-likeness (QED) is 0.781. The second-order valence-electron chi connectivity index (χ2n) is 4.52. The van der Waals surface area contributed by atoms with Gasteiger partial charge in [-0.25, -0.2) is 0 Å². The molecule has 4 nitrogen and oxygen atoms in total. The fraction of sp³-hybridized carbons (Fsp3) is 0.188. The van der Waals surface area contributed by atoms with Gasteiger partial charge in [-0.15, -0.1) is 0 Å². The van der Waals surface area contributed by atoms with Crippen molar-refractivity contribution in [2.45, 2.75) is 12.5 Å². The first-order valence-corrected chi connectivity index (χ1v) is 6.47. The van der Waals surface area contributed by atoms with Gasteiger partial charge in [-0.05, 0) is 30.2 Å². The molecule has 1 atom stereocenters. The zero-order chi connectivity index (χ0) is 14.4. The number of amides is 1. The van der Waals surface area contributed by atoms with E-state index >= 15 is 0 Å². The maximum absolute atomic E-state index is 11.8. The highest BCUT2D eigenvalue weighted by Crippen LogP contribution is 2.15. The third-order valence-electron chi connectivity index (χ3n) is 3.00. The van der Waals surface area contributed by atoms with Crippen LogP contribution >= 0.6 is 0 Å². The highest BCUT2D eigenvalue weighted by molar-refractivity contribution is 5.94. The van der Waals surface area contributed by atoms with Gasteiger partial charge in [-0.3, -0.25) is 4.79 Å². The van der Waals surface area contributed by atoms with E-state index in [-0.39, 0.29) is 11.7 Å². The maximum Gasteiger partial charge on any atom is 0.251 e. The van der Waals surface area contributed by atoms with E-state index in [0.717, 1.165) is 5.56 Å². The van der Waals surface area contributed by atoms with Gasteiger partial charge < -0.3 is 15.5 Å². The van der Waals surface area contributed by atoms with Crippen molar-refractivity contribution in [1.82, 2.24) is 5.32 Å². The smallest absolute Gasteiger partial charge is 0.251 e. The summed E-state index contributed by atoms with van der Waals surface area (Å²) in [6, 6.07) is 15.5. The van der Waals surface area contributed by atoms with Crippen molar-refractivity contribution in [2.24, 2.45) is 0 Å². The lowest BCUT2D eigenvalue weighted by atomic mass is 10.1. The summed E-state index contributed by atoms with van der Waals surface area (Å²) in [7, 11) is 0. The average Bonchev–Trinajstić information content (AvgIpc) is 2.48. The number of aromatic hydroxyl groups is 1. The highest BCUT2D eigenvalue weighted by Gasteiger charge is 2.09. The number of phenols is 1. The molecule has 0 fully saturated rings. The Kier molecular flexibility index (Phi) is 4.74. The Bertz CT molecular complexity index is 569. The standard InChI is InChI=1S/C16H17NO3/c18-14-8-4-7-13(11-14)16(20)17-10-9-15(19)12-5-2-1-3-6-12/h1-8,11,15,18-19H,9-10H2,(H,17,20). The summed E-state index contributed by atoms with van der Waals surface area (Å²) in [5.74, 6) is -0.205. The summed E-state index contributed by atoms with van der Waals surface area (Å²) >= 11 is 0. The molecule has 0 spiro atoms. The fourth-order valence-corrected chi connectivity index (χ4v) is 1.91. The second-order valence-corrected chi connectivity index (χ2v) is 4.52. The number of hydrogen-bond donors (Lipinski definition) is 3. The summed E-state index contributed by atoms with van der Waals surface area (Å²) < 4.78 is 0. The van der Waals surface area contributed by atoms with Crippen molar-refractivity contribution < 1.29 is 15.0 Å². The van der Waals surface area contributed by atoms with Crippen LogP contribution in [0.15, 0.2) is 54.6 Å². The Morgan fingerprint density at radius 2 is 1.85 bits per heavy atom. The Morgan fingerprint density at radius 1 is 1.10 bits per heavy atom. The van der Waals surface area contributed by atoms with Gasteiger partial charge in [0, 0.05) is 12.1 Å². The third-order valence-corrected chi connectivity index (χ3v) is 3.00. The lowest BCUT2D eigenvalue weighted by Gasteiger charge is -2.11. The fourth-order valence-electron chi connectivity index (χ4n) is 1.91. The predicted octanol–water partition coefficient (Wildman–Crippen LogP) is 2.25. The van der Waals surface area contributed by atoms with Crippen molar-refractivity contribution in [1.29, 1.82) is 0 Å². The lowest BCUT2D eigenvalue weighted by Crippen LogP contribution is -2.25. The van der Waals surface area contributed by atoms with Crippen molar-refractivity contribution in [3.05, 3.63) is 65.7 Å². The first-order valence-electron chi connectivity index (χ1n) is 6.47. The number of carbonyl (C=O) groups excluding carboxylic acids is 1. The van der Waals surface area contributed by atoms with Crippen LogP contribution in [0.1, 0.15) is 28.4 Å². The molecule has 0 heterocycles. The van der Waals surface area contributed by atoms with E-state index < -0.39 is 6.10 Å². The van der Waals surface area contributed by atoms with Crippen LogP contribution in [0.2, 0.25) is 0 Å². The molecular formula is C16H17NO3. The largest absolute Gasteiger partial charge is 0.508 e. The van der Waals surface area contributed by atoms with Gasteiger partial charge >= 0.3 is 0 Å². The molecule has 0 saturated carbocycles. The van der Waals surface area contributed by atoms with Crippen molar-refractivity contribution in [3.63, 3.8) is 0 Å². The molecule has 0 aliphatic heterocycles. The number of hydrogen-bond acceptors (Lipinski definition) is 3. The van der Waals surface area contributed by atoms with E-state index in [0.29, 0.717) is 18.5 Å². The SMILES string of the molecule is O=C(NCCC(O)c1ccccc1)c1cccc(O)c1. The van der Waals surface area contributed by atoms with Gasteiger partial charge in [0.1, 0.15) is 5.75 Å². The Balaban J connectivity index is 1.83. The van der Waals surface area contributed by atoms with Crippen LogP contribution in [-0.4, -0.2) is 22.7 Å². The van der Waals surface area contributed by atoms with Gasteiger partial charge in [-0.2, -0.15) is 0 Å². The minimum Gasteiger partial charge on any atom is -0.508 e. The highest BCUT2D eigenvalue weighted by atomic mass is 16.3. The normalized spacial score (nSPS) is 11.8. The first kappa shape index (κ1) is 14.1. The Hall–Kier alpha value is -2.33. The molecule has 0 bridgehead atoms. The van der Waals surface area contributed by atoms with E-state index in [1.165, 1.54) is 12.1 Å². The number of rotatable bonds is 5. The van der Waals surface area contributed by atoms with E-state index in [1.54, 1.807) is 12.1 Å². The molecule has 2 aromatic rings. The topological polar surface area (TPSA) is 69.6 Å². The summed E-state index contributed by atoms with van der Waals surface area (Å²) in [4.78, 5) is 11.8. The molecule has 4 heteroatoms. The Morgan fingerprint density at radius 3 is 2.55 bits per heavy atom. The number of nitrogens with one attached hydrogen (secondary N) is 1. The van der Waals surface area contributed by atoms with E-state index in [4.69, 9.17) is 0 Å². The van der Waals surface area contributed by atoms with Crippen LogP contribution in [0, 0.1) is 0 Å². The van der Waals surface area contributed by atoms with Crippen LogP contribution in [0.3, 0.4) is 0 Å². The number of phenolic OH excluding ortho intramolecular Hbond substituents is 1. The van der Waals surface area contributed by atoms with E-state index in [1.807, 2.05) is 30.3 Å². The van der Waals surface area contributed by atoms with Crippen LogP contribution < -0.4 is 5.32 Å². The van der Waals surface area contributed by atoms with E-state index in [9.17, 15) is 15.0 Å². The molecule has 0 saturated heterocycles. The molecule has 2 rings (SSSR count). The zero-order valence-electron chi connectivity index (χ0n) is 11.0. The number of carbonyl (C=O) groups is 1. The predicted molar refractivity (Wildman–Crippen MR) is 76.5 cm³/mol. The van der Waals surface area contributed by atoms with Gasteiger partial charge in [0.15, 0.2) is 0 Å². The minimum atomic E-state index is -0.597. The lowest BCUT2D eigenvalue weighted by molar-refractivity contribution is 0.0942. The molecule has 20 heavy (non-hydrogen) atoms. The van der Waals surface area contributed by atoms with Crippen LogP contribution in [-0.2, 0) is 0 Å². The number of aliphatic hydroxyl groups is 1. The zero-order valence-corrected chi connectivity index (χ0v) is 11.0. The average molecular weight is 271 g/mol. The van der Waals surface area contributed by atoms with Gasteiger partial charge in [0.25, 0.3) is 5.91 Å². The summed E-state index contributed by atoms with van der Waals surface area (Å²) in [5, 5.41) is 22.0. The molecule has 0 aliphatic rings. The molecule has 2 aromatic carbocycles. The molecule has 104 valence electrons. The van der Waals surface area contributed by atoms with Crippen molar-refractivity contribution in [2.75, 3.05) is 6.54 Å². The third kappa shape index (κ3) is 3.83. The molecule has 0 radical (unpaired) electrons. The van der Waals surface area contributed by atoms with Crippen LogP contribution in [0.25, 0.3) is 0 Å². The molecule has 3 N–H and O–H groups in total. The van der Waals surface area contributed by atoms with Crippen molar-refractivity contribution >= 4 is 5.91 Å². The van der Waals surface area contributed by atoms with E-state index in [2.05, 4.69) is 5.32 Å².